The molecule has 0 aromatic heterocycles. The van der Waals surface area contributed by atoms with Gasteiger partial charge in [0, 0.05) is 6.92 Å². The standard InChI is InChI=1S/C17H26O2/c1-11(10-19-14(4)18)9-15-7-5-12(2)16-8-6-13(3)17(15)16/h9,12,15-16H,5-8,10H2,1-4H3/b11-9-. The lowest BCUT2D eigenvalue weighted by Crippen LogP contribution is -2.23. The highest BCUT2D eigenvalue weighted by Crippen LogP contribution is 2.48. The first-order valence-electron chi connectivity index (χ1n) is 7.49. The molecular formula is C17H26O2. The van der Waals surface area contributed by atoms with Crippen molar-refractivity contribution in [1.29, 1.82) is 0 Å². The van der Waals surface area contributed by atoms with Crippen molar-refractivity contribution in [2.24, 2.45) is 17.8 Å². The van der Waals surface area contributed by atoms with E-state index < -0.39 is 0 Å². The molecule has 19 heavy (non-hydrogen) atoms. The maximum absolute atomic E-state index is 10.9. The summed E-state index contributed by atoms with van der Waals surface area (Å²) in [4.78, 5) is 10.9. The molecule has 3 unspecified atom stereocenters. The van der Waals surface area contributed by atoms with Crippen LogP contribution in [0.5, 0.6) is 0 Å². The molecule has 0 aromatic carbocycles. The summed E-state index contributed by atoms with van der Waals surface area (Å²) >= 11 is 0. The molecule has 2 heteroatoms. The van der Waals surface area contributed by atoms with Crippen LogP contribution in [0.1, 0.15) is 53.4 Å². The molecule has 3 atom stereocenters. The number of hydrogen-bond acceptors (Lipinski definition) is 2. The van der Waals surface area contributed by atoms with E-state index in [-0.39, 0.29) is 5.97 Å². The van der Waals surface area contributed by atoms with Crippen molar-refractivity contribution in [3.8, 4) is 0 Å². The van der Waals surface area contributed by atoms with E-state index in [9.17, 15) is 4.79 Å². The maximum atomic E-state index is 10.9. The van der Waals surface area contributed by atoms with Crippen molar-refractivity contribution in [3.05, 3.63) is 22.8 Å². The SMILES string of the molecule is CC(=O)OC/C(C)=C\C1CCC(C)C2CCC(C)=C12. The average Bonchev–Trinajstić information content (AvgIpc) is 2.74. The van der Waals surface area contributed by atoms with Crippen LogP contribution in [0.4, 0.5) is 0 Å². The molecular weight excluding hydrogens is 236 g/mol. The maximum Gasteiger partial charge on any atom is 0.302 e. The Hall–Kier alpha value is -1.05. The van der Waals surface area contributed by atoms with Crippen LogP contribution in [-0.2, 0) is 9.53 Å². The number of fused-ring (bicyclic) bond motifs is 1. The second-order valence-corrected chi connectivity index (χ2v) is 6.34. The van der Waals surface area contributed by atoms with Gasteiger partial charge in [-0.1, -0.05) is 24.1 Å². The molecule has 0 bridgehead atoms. The Morgan fingerprint density at radius 2 is 2.05 bits per heavy atom. The summed E-state index contributed by atoms with van der Waals surface area (Å²) < 4.78 is 5.08. The molecule has 0 heterocycles. The van der Waals surface area contributed by atoms with Gasteiger partial charge < -0.3 is 4.74 Å². The zero-order valence-electron chi connectivity index (χ0n) is 12.7. The van der Waals surface area contributed by atoms with E-state index in [2.05, 4.69) is 26.8 Å². The van der Waals surface area contributed by atoms with E-state index in [1.807, 2.05) is 0 Å². The number of hydrogen-bond donors (Lipinski definition) is 0. The van der Waals surface area contributed by atoms with E-state index in [0.29, 0.717) is 12.5 Å². The van der Waals surface area contributed by atoms with Crippen molar-refractivity contribution in [2.75, 3.05) is 6.61 Å². The summed E-state index contributed by atoms with van der Waals surface area (Å²) in [5, 5.41) is 0. The van der Waals surface area contributed by atoms with Crippen LogP contribution in [0.2, 0.25) is 0 Å². The molecule has 0 aromatic rings. The summed E-state index contributed by atoms with van der Waals surface area (Å²) in [7, 11) is 0. The minimum Gasteiger partial charge on any atom is -0.461 e. The molecule has 2 nitrogen and oxygen atoms in total. The van der Waals surface area contributed by atoms with Gasteiger partial charge in [-0.15, -0.1) is 0 Å². The van der Waals surface area contributed by atoms with E-state index in [4.69, 9.17) is 4.74 Å². The van der Waals surface area contributed by atoms with E-state index in [0.717, 1.165) is 11.8 Å². The average molecular weight is 262 g/mol. The highest BCUT2D eigenvalue weighted by molar-refractivity contribution is 5.66. The Morgan fingerprint density at radius 1 is 1.32 bits per heavy atom. The lowest BCUT2D eigenvalue weighted by atomic mass is 9.71. The molecule has 106 valence electrons. The van der Waals surface area contributed by atoms with E-state index in [1.165, 1.54) is 38.2 Å². The number of allylic oxidation sites excluding steroid dienone is 3. The van der Waals surface area contributed by atoms with E-state index in [1.54, 1.807) is 11.1 Å². The van der Waals surface area contributed by atoms with Crippen LogP contribution >= 0.6 is 0 Å². The first-order valence-corrected chi connectivity index (χ1v) is 7.49. The Bertz CT molecular complexity index is 417. The highest BCUT2D eigenvalue weighted by atomic mass is 16.5. The summed E-state index contributed by atoms with van der Waals surface area (Å²) in [5.41, 5.74) is 4.49. The van der Waals surface area contributed by atoms with Crippen LogP contribution in [0.3, 0.4) is 0 Å². The van der Waals surface area contributed by atoms with Gasteiger partial charge in [0.1, 0.15) is 6.61 Å². The molecule has 0 amide bonds. The van der Waals surface area contributed by atoms with Crippen LogP contribution in [0.25, 0.3) is 0 Å². The Labute approximate surface area is 116 Å². The van der Waals surface area contributed by atoms with Crippen molar-refractivity contribution in [3.63, 3.8) is 0 Å². The van der Waals surface area contributed by atoms with Crippen LogP contribution in [-0.4, -0.2) is 12.6 Å². The predicted octanol–water partition coefficient (Wildman–Crippen LogP) is 4.27. The van der Waals surface area contributed by atoms with Crippen molar-refractivity contribution < 1.29 is 9.53 Å². The molecule has 1 saturated carbocycles. The Morgan fingerprint density at radius 3 is 2.74 bits per heavy atom. The smallest absolute Gasteiger partial charge is 0.302 e. The van der Waals surface area contributed by atoms with Crippen molar-refractivity contribution in [2.45, 2.75) is 53.4 Å². The summed E-state index contributed by atoms with van der Waals surface area (Å²) in [6.45, 7) is 8.68. The number of esters is 1. The van der Waals surface area contributed by atoms with Crippen LogP contribution in [0.15, 0.2) is 22.8 Å². The second-order valence-electron chi connectivity index (χ2n) is 6.34. The van der Waals surface area contributed by atoms with Gasteiger partial charge >= 0.3 is 5.97 Å². The Kier molecular flexibility index (Phi) is 4.49. The lowest BCUT2D eigenvalue weighted by Gasteiger charge is -2.34. The molecule has 0 spiro atoms. The van der Waals surface area contributed by atoms with Gasteiger partial charge in [0.25, 0.3) is 0 Å². The first kappa shape index (κ1) is 14.4. The molecule has 0 saturated heterocycles. The summed E-state index contributed by atoms with van der Waals surface area (Å²) in [6, 6.07) is 0. The summed E-state index contributed by atoms with van der Waals surface area (Å²) in [5.74, 6) is 2.03. The number of rotatable bonds is 3. The van der Waals surface area contributed by atoms with E-state index >= 15 is 0 Å². The van der Waals surface area contributed by atoms with Gasteiger partial charge in [0.15, 0.2) is 0 Å². The fourth-order valence-corrected chi connectivity index (χ4v) is 3.75. The van der Waals surface area contributed by atoms with Gasteiger partial charge in [0.2, 0.25) is 0 Å². The minimum absolute atomic E-state index is 0.195. The normalized spacial score (nSPS) is 31.4. The summed E-state index contributed by atoms with van der Waals surface area (Å²) in [6.07, 6.45) is 7.53. The fraction of sp³-hybridized carbons (Fsp3) is 0.706. The van der Waals surface area contributed by atoms with Crippen molar-refractivity contribution in [1.82, 2.24) is 0 Å². The third-order valence-corrected chi connectivity index (χ3v) is 4.73. The molecule has 0 aliphatic heterocycles. The molecule has 2 aliphatic rings. The topological polar surface area (TPSA) is 26.3 Å². The number of ether oxygens (including phenoxy) is 1. The van der Waals surface area contributed by atoms with Gasteiger partial charge in [-0.2, -0.15) is 0 Å². The minimum atomic E-state index is -0.195. The third-order valence-electron chi connectivity index (χ3n) is 4.73. The fourth-order valence-electron chi connectivity index (χ4n) is 3.75. The second kappa shape index (κ2) is 5.94. The van der Waals surface area contributed by atoms with Crippen LogP contribution < -0.4 is 0 Å². The quantitative estimate of drug-likeness (QED) is 0.561. The molecule has 1 fully saturated rings. The molecule has 0 N–H and O–H groups in total. The monoisotopic (exact) mass is 262 g/mol. The molecule has 2 rings (SSSR count). The predicted molar refractivity (Wildman–Crippen MR) is 77.7 cm³/mol. The third kappa shape index (κ3) is 3.29. The van der Waals surface area contributed by atoms with Gasteiger partial charge in [-0.25, -0.2) is 0 Å². The lowest BCUT2D eigenvalue weighted by molar-refractivity contribution is -0.139. The van der Waals surface area contributed by atoms with Gasteiger partial charge in [0.05, 0.1) is 0 Å². The molecule has 0 radical (unpaired) electrons. The zero-order chi connectivity index (χ0) is 14.0. The first-order chi connectivity index (χ1) is 8.99. The van der Waals surface area contributed by atoms with Crippen LogP contribution in [0, 0.1) is 17.8 Å². The Balaban J connectivity index is 2.09. The zero-order valence-corrected chi connectivity index (χ0v) is 12.7. The largest absolute Gasteiger partial charge is 0.461 e. The highest BCUT2D eigenvalue weighted by Gasteiger charge is 2.35. The van der Waals surface area contributed by atoms with Crippen molar-refractivity contribution >= 4 is 5.97 Å². The molecule has 2 aliphatic carbocycles. The number of carbonyl (C=O) groups is 1. The van der Waals surface area contributed by atoms with Gasteiger partial charge in [-0.3, -0.25) is 4.79 Å². The number of carbonyl (C=O) groups excluding carboxylic acids is 1. The van der Waals surface area contributed by atoms with Gasteiger partial charge in [-0.05, 0) is 62.9 Å².